The van der Waals surface area contributed by atoms with Crippen molar-refractivity contribution in [3.8, 4) is 17.2 Å². The highest BCUT2D eigenvalue weighted by Crippen LogP contribution is 2.36. The van der Waals surface area contributed by atoms with Crippen molar-refractivity contribution in [1.82, 2.24) is 10.2 Å². The second kappa shape index (κ2) is 12.6. The molecule has 1 fully saturated rings. The number of hydrogen-bond acceptors (Lipinski definition) is 7. The van der Waals surface area contributed by atoms with Gasteiger partial charge >= 0.3 is 0 Å². The Morgan fingerprint density at radius 1 is 1.10 bits per heavy atom. The molecule has 2 aromatic carbocycles. The van der Waals surface area contributed by atoms with Crippen LogP contribution in [0.2, 0.25) is 0 Å². The highest BCUT2D eigenvalue weighted by molar-refractivity contribution is 14.1. The fraction of sp³-hybridized carbons (Fsp3) is 0.448. The van der Waals surface area contributed by atoms with Gasteiger partial charge in [0.15, 0.2) is 11.5 Å². The standard InChI is InChI=1S/C29H33IN2O7/c30-21-7-3-4-8-23(21)39-26-15-20(28(35)31-11-12-33)14-22(27(26)34)32(29(36)19-5-1-2-6-19)16-18-9-10-24-25(13-18)38-17-37-24/h3-4,7-10,13,15,19,22,26-27,33-34H,1-2,5-6,11-12,14,16-17H2,(H,31,35). The zero-order valence-corrected chi connectivity index (χ0v) is 23.7. The lowest BCUT2D eigenvalue weighted by molar-refractivity contribution is -0.143. The van der Waals surface area contributed by atoms with Gasteiger partial charge in [-0.05, 0) is 71.3 Å². The van der Waals surface area contributed by atoms with Gasteiger partial charge in [0.05, 0.1) is 16.2 Å². The summed E-state index contributed by atoms with van der Waals surface area (Å²) in [5, 5.41) is 23.6. The van der Waals surface area contributed by atoms with Crippen LogP contribution in [-0.2, 0) is 16.1 Å². The van der Waals surface area contributed by atoms with Gasteiger partial charge < -0.3 is 34.6 Å². The van der Waals surface area contributed by atoms with Gasteiger partial charge in [-0.2, -0.15) is 0 Å². The Morgan fingerprint density at radius 3 is 2.64 bits per heavy atom. The Hall–Kier alpha value is -2.83. The highest BCUT2D eigenvalue weighted by Gasteiger charge is 2.42. The van der Waals surface area contributed by atoms with Crippen molar-refractivity contribution in [3.63, 3.8) is 0 Å². The van der Waals surface area contributed by atoms with E-state index in [2.05, 4.69) is 27.9 Å². The Kier molecular flexibility index (Phi) is 8.93. The summed E-state index contributed by atoms with van der Waals surface area (Å²) in [4.78, 5) is 28.7. The molecule has 1 saturated carbocycles. The number of aliphatic hydroxyl groups excluding tert-OH is 2. The lowest BCUT2D eigenvalue weighted by atomic mass is 9.87. The van der Waals surface area contributed by atoms with Gasteiger partial charge in [0.2, 0.25) is 18.6 Å². The second-order valence-electron chi connectivity index (χ2n) is 10.1. The minimum atomic E-state index is -1.07. The molecular weight excluding hydrogens is 615 g/mol. The predicted molar refractivity (Wildman–Crippen MR) is 151 cm³/mol. The predicted octanol–water partition coefficient (Wildman–Crippen LogP) is 3.15. The van der Waals surface area contributed by atoms with E-state index >= 15 is 0 Å². The van der Waals surface area contributed by atoms with E-state index < -0.39 is 18.2 Å². The lowest BCUT2D eigenvalue weighted by Gasteiger charge is -2.41. The molecule has 39 heavy (non-hydrogen) atoms. The van der Waals surface area contributed by atoms with Crippen molar-refractivity contribution >= 4 is 34.4 Å². The summed E-state index contributed by atoms with van der Waals surface area (Å²) in [5.74, 6) is 1.35. The topological polar surface area (TPSA) is 118 Å². The van der Waals surface area contributed by atoms with Gasteiger partial charge in [-0.25, -0.2) is 0 Å². The summed E-state index contributed by atoms with van der Waals surface area (Å²) >= 11 is 2.16. The molecule has 0 saturated heterocycles. The number of amides is 2. The van der Waals surface area contributed by atoms with Crippen LogP contribution in [0.3, 0.4) is 0 Å². The fourth-order valence-electron chi connectivity index (χ4n) is 5.47. The zero-order chi connectivity index (χ0) is 27.4. The molecule has 0 aromatic heterocycles. The summed E-state index contributed by atoms with van der Waals surface area (Å²) in [6, 6.07) is 12.3. The molecule has 3 N–H and O–H groups in total. The van der Waals surface area contributed by atoms with Gasteiger partial charge in [-0.3, -0.25) is 9.59 Å². The second-order valence-corrected chi connectivity index (χ2v) is 11.2. The number of halogens is 1. The Labute approximate surface area is 241 Å². The monoisotopic (exact) mass is 648 g/mol. The molecule has 0 bridgehead atoms. The van der Waals surface area contributed by atoms with Crippen molar-refractivity contribution in [3.05, 3.63) is 63.2 Å². The van der Waals surface area contributed by atoms with Crippen LogP contribution >= 0.6 is 22.6 Å². The van der Waals surface area contributed by atoms with Crippen LogP contribution in [0.1, 0.15) is 37.7 Å². The van der Waals surface area contributed by atoms with Gasteiger partial charge in [-0.1, -0.05) is 31.0 Å². The average molecular weight is 648 g/mol. The number of hydrogen-bond donors (Lipinski definition) is 3. The summed E-state index contributed by atoms with van der Waals surface area (Å²) in [7, 11) is 0. The number of ether oxygens (including phenoxy) is 3. The number of carbonyl (C=O) groups excluding carboxylic acids is 2. The van der Waals surface area contributed by atoms with Gasteiger partial charge in [0.1, 0.15) is 18.0 Å². The summed E-state index contributed by atoms with van der Waals surface area (Å²) in [5.41, 5.74) is 1.25. The van der Waals surface area contributed by atoms with Crippen molar-refractivity contribution < 1.29 is 34.0 Å². The molecule has 10 heteroatoms. The molecule has 3 atom stereocenters. The third kappa shape index (κ3) is 6.33. The van der Waals surface area contributed by atoms with E-state index in [0.717, 1.165) is 34.8 Å². The molecule has 5 rings (SSSR count). The van der Waals surface area contributed by atoms with E-state index in [1.807, 2.05) is 42.5 Å². The van der Waals surface area contributed by atoms with Crippen molar-refractivity contribution in [2.45, 2.75) is 56.9 Å². The van der Waals surface area contributed by atoms with Crippen molar-refractivity contribution in [1.29, 1.82) is 0 Å². The number of rotatable bonds is 9. The molecule has 2 aliphatic carbocycles. The summed E-state index contributed by atoms with van der Waals surface area (Å²) in [6.45, 7) is 0.311. The van der Waals surface area contributed by atoms with Crippen LogP contribution < -0.4 is 19.5 Å². The van der Waals surface area contributed by atoms with Crippen LogP contribution in [0, 0.1) is 9.49 Å². The quantitative estimate of drug-likeness (QED) is 0.358. The number of nitrogens with zero attached hydrogens (tertiary/aromatic N) is 1. The minimum absolute atomic E-state index is 0.0284. The molecule has 9 nitrogen and oxygen atoms in total. The fourth-order valence-corrected chi connectivity index (χ4v) is 5.98. The van der Waals surface area contributed by atoms with Crippen LogP contribution in [-0.4, -0.2) is 65.1 Å². The van der Waals surface area contributed by atoms with E-state index in [1.54, 1.807) is 11.0 Å². The van der Waals surface area contributed by atoms with E-state index in [0.29, 0.717) is 22.8 Å². The lowest BCUT2D eigenvalue weighted by Crippen LogP contribution is -2.55. The van der Waals surface area contributed by atoms with E-state index in [-0.39, 0.29) is 50.6 Å². The first-order chi connectivity index (χ1) is 18.9. The minimum Gasteiger partial charge on any atom is -0.482 e. The maximum atomic E-state index is 14.0. The molecule has 0 spiro atoms. The van der Waals surface area contributed by atoms with Gasteiger partial charge in [-0.15, -0.1) is 0 Å². The number of fused-ring (bicyclic) bond motifs is 1. The number of para-hydroxylation sites is 1. The van der Waals surface area contributed by atoms with Gasteiger partial charge in [0.25, 0.3) is 0 Å². The normalized spacial score (nSPS) is 22.3. The zero-order valence-electron chi connectivity index (χ0n) is 21.6. The van der Waals surface area contributed by atoms with Crippen LogP contribution in [0.5, 0.6) is 17.2 Å². The maximum absolute atomic E-state index is 14.0. The molecule has 1 aliphatic heterocycles. The first-order valence-corrected chi connectivity index (χ1v) is 14.4. The molecule has 208 valence electrons. The van der Waals surface area contributed by atoms with Crippen LogP contribution in [0.15, 0.2) is 54.1 Å². The molecular formula is C29H33IN2O7. The largest absolute Gasteiger partial charge is 0.482 e. The number of benzene rings is 2. The maximum Gasteiger partial charge on any atom is 0.247 e. The van der Waals surface area contributed by atoms with E-state index in [1.165, 1.54) is 0 Å². The van der Waals surface area contributed by atoms with Crippen molar-refractivity contribution in [2.24, 2.45) is 5.92 Å². The third-order valence-electron chi connectivity index (χ3n) is 7.49. The molecule has 2 aromatic rings. The average Bonchev–Trinajstić information content (AvgIpc) is 3.65. The van der Waals surface area contributed by atoms with E-state index in [9.17, 15) is 19.8 Å². The smallest absolute Gasteiger partial charge is 0.247 e. The Balaban J connectivity index is 1.48. The highest BCUT2D eigenvalue weighted by atomic mass is 127. The van der Waals surface area contributed by atoms with Gasteiger partial charge in [0, 0.05) is 31.0 Å². The first kappa shape index (κ1) is 27.7. The van der Waals surface area contributed by atoms with Crippen molar-refractivity contribution in [2.75, 3.05) is 19.9 Å². The summed E-state index contributed by atoms with van der Waals surface area (Å²) < 4.78 is 18.1. The Morgan fingerprint density at radius 2 is 1.87 bits per heavy atom. The van der Waals surface area contributed by atoms with Crippen LogP contribution in [0.25, 0.3) is 0 Å². The molecule has 3 aliphatic rings. The third-order valence-corrected chi connectivity index (χ3v) is 8.38. The molecule has 0 radical (unpaired) electrons. The first-order valence-electron chi connectivity index (χ1n) is 13.3. The number of aliphatic hydroxyl groups is 2. The molecule has 1 heterocycles. The number of carbonyl (C=O) groups is 2. The Bertz CT molecular complexity index is 1230. The number of nitrogens with one attached hydrogen (secondary N) is 1. The molecule has 3 unspecified atom stereocenters. The van der Waals surface area contributed by atoms with E-state index in [4.69, 9.17) is 14.2 Å². The van der Waals surface area contributed by atoms with Crippen LogP contribution in [0.4, 0.5) is 0 Å². The molecule has 2 amide bonds. The summed E-state index contributed by atoms with van der Waals surface area (Å²) in [6.07, 6.45) is 3.47. The SMILES string of the molecule is O=C(NCCO)C1=CC(Oc2ccccc2I)C(O)C(N(Cc2ccc3c(c2)OCO3)C(=O)C2CCCC2)C1.